The van der Waals surface area contributed by atoms with Crippen molar-refractivity contribution in [1.82, 2.24) is 30.4 Å². The van der Waals surface area contributed by atoms with Gasteiger partial charge in [-0.3, -0.25) is 9.97 Å². The van der Waals surface area contributed by atoms with Gasteiger partial charge in [0.25, 0.3) is 0 Å². The van der Waals surface area contributed by atoms with Gasteiger partial charge in [-0.05, 0) is 36.4 Å². The molecule has 15 heteroatoms. The summed E-state index contributed by atoms with van der Waals surface area (Å²) >= 11 is 0. The zero-order valence-electron chi connectivity index (χ0n) is 16.1. The number of alkyl halides is 6. The fraction of sp³-hybridized carbons (Fsp3) is 0.111. The van der Waals surface area contributed by atoms with E-state index in [1.807, 2.05) is 0 Å². The largest absolute Gasteiger partial charge is 2.00 e. The van der Waals surface area contributed by atoms with Crippen LogP contribution in [0.15, 0.2) is 60.9 Å². The van der Waals surface area contributed by atoms with E-state index in [1.165, 1.54) is 12.4 Å². The molecule has 4 aromatic heterocycles. The molecule has 1 radical (unpaired) electrons. The van der Waals surface area contributed by atoms with Crippen molar-refractivity contribution in [3.63, 3.8) is 0 Å². The molecule has 0 bridgehead atoms. The zero-order chi connectivity index (χ0) is 21.8. The molecular formula is C18H10CdCoF6N6Os. The van der Waals surface area contributed by atoms with E-state index in [2.05, 4.69) is 30.4 Å². The van der Waals surface area contributed by atoms with Gasteiger partial charge in [0.05, 0.1) is 0 Å². The average molecular weight is 786 g/mol. The van der Waals surface area contributed by atoms with Gasteiger partial charge in [0.1, 0.15) is 11.4 Å². The molecule has 6 nitrogen and oxygen atoms in total. The van der Waals surface area contributed by atoms with E-state index < -0.39 is 23.7 Å². The van der Waals surface area contributed by atoms with E-state index in [1.54, 1.807) is 36.4 Å². The van der Waals surface area contributed by atoms with Crippen molar-refractivity contribution in [3.05, 3.63) is 72.3 Å². The predicted octanol–water partition coefficient (Wildman–Crippen LogP) is 4.23. The van der Waals surface area contributed by atoms with Crippen LogP contribution in [0.1, 0.15) is 11.4 Å². The van der Waals surface area contributed by atoms with Crippen LogP contribution >= 0.6 is 0 Å². The van der Waals surface area contributed by atoms with E-state index in [-0.39, 0.29) is 75.3 Å². The first-order chi connectivity index (χ1) is 14.1. The van der Waals surface area contributed by atoms with Crippen LogP contribution in [0, 0.1) is 0 Å². The fourth-order valence-corrected chi connectivity index (χ4v) is 2.15. The monoisotopic (exact) mass is 789 g/mol. The first-order valence-corrected chi connectivity index (χ1v) is 8.12. The number of aromatic nitrogens is 6. The van der Waals surface area contributed by atoms with Crippen molar-refractivity contribution in [2.24, 2.45) is 0 Å². The van der Waals surface area contributed by atoms with E-state index in [0.717, 1.165) is 12.1 Å². The summed E-state index contributed by atoms with van der Waals surface area (Å²) in [7, 11) is 0. The fourth-order valence-electron chi connectivity index (χ4n) is 2.15. The molecule has 0 aliphatic carbocycles. The summed E-state index contributed by atoms with van der Waals surface area (Å²) in [6.45, 7) is 0. The average Bonchev–Trinajstić information content (AvgIpc) is 3.40. The molecule has 0 aliphatic rings. The molecule has 173 valence electrons. The minimum atomic E-state index is -4.46. The number of hydrogen-bond acceptors (Lipinski definition) is 4. The third-order valence-electron chi connectivity index (χ3n) is 3.51. The minimum absolute atomic E-state index is 0. The van der Waals surface area contributed by atoms with Crippen LogP contribution in [0.25, 0.3) is 22.8 Å². The Balaban J connectivity index is 0.000000569. The number of halogens is 6. The van der Waals surface area contributed by atoms with Crippen LogP contribution in [0.2, 0.25) is 0 Å². The second-order valence-electron chi connectivity index (χ2n) is 5.66. The molecule has 0 N–H and O–H groups in total. The molecule has 0 aromatic carbocycles. The Morgan fingerprint density at radius 1 is 0.636 bits per heavy atom. The van der Waals surface area contributed by atoms with Crippen molar-refractivity contribution in [1.29, 1.82) is 0 Å². The topological polar surface area (TPSA) is 79.8 Å². The Morgan fingerprint density at radius 2 is 1.00 bits per heavy atom. The molecule has 33 heavy (non-hydrogen) atoms. The molecule has 4 heterocycles. The van der Waals surface area contributed by atoms with Gasteiger partial charge >= 0.3 is 32.1 Å². The molecule has 0 saturated carbocycles. The first-order valence-electron chi connectivity index (χ1n) is 8.12. The molecule has 4 rings (SSSR count). The quantitative estimate of drug-likeness (QED) is 0.224. The van der Waals surface area contributed by atoms with Crippen LogP contribution in [0.3, 0.4) is 0 Å². The number of rotatable bonds is 2. The van der Waals surface area contributed by atoms with Crippen LogP contribution < -0.4 is 10.2 Å². The van der Waals surface area contributed by atoms with Crippen molar-refractivity contribution in [2.45, 2.75) is 12.4 Å². The van der Waals surface area contributed by atoms with Gasteiger partial charge in [-0.1, -0.05) is 23.5 Å². The van der Waals surface area contributed by atoms with Crippen LogP contribution in [-0.2, 0) is 76.2 Å². The normalized spacial score (nSPS) is 10.6. The Hall–Kier alpha value is -1.64. The molecular weight excluding hydrogens is 776 g/mol. The van der Waals surface area contributed by atoms with Gasteiger partial charge in [0, 0.05) is 67.9 Å². The third kappa shape index (κ3) is 8.91. The van der Waals surface area contributed by atoms with Crippen LogP contribution in [0.5, 0.6) is 0 Å². The van der Waals surface area contributed by atoms with Crippen molar-refractivity contribution < 1.29 is 90.2 Å². The van der Waals surface area contributed by atoms with E-state index >= 15 is 0 Å². The maximum absolute atomic E-state index is 12.2. The Kier molecular flexibility index (Phi) is 12.6. The van der Waals surface area contributed by atoms with Gasteiger partial charge in [0.15, 0.2) is 0 Å². The van der Waals surface area contributed by atoms with Crippen molar-refractivity contribution in [3.8, 4) is 22.8 Å². The summed E-state index contributed by atoms with van der Waals surface area (Å²) in [6, 6.07) is 11.6. The van der Waals surface area contributed by atoms with Crippen LogP contribution in [0.4, 0.5) is 26.3 Å². The van der Waals surface area contributed by atoms with Gasteiger partial charge in [0.2, 0.25) is 0 Å². The molecule has 0 fully saturated rings. The van der Waals surface area contributed by atoms with Gasteiger partial charge in [-0.2, -0.15) is 26.3 Å². The second-order valence-corrected chi connectivity index (χ2v) is 5.66. The standard InChI is InChI=1S/2C9H5F3N3.Cd.Co.Os/c2*10-9(11,12)8-5-7(14-15-8)6-3-1-2-4-13-6;;;/h2*1-5H;;;/q2*-1;;;+2. The summed E-state index contributed by atoms with van der Waals surface area (Å²) in [5, 5.41) is 12.9. The molecule has 0 unspecified atom stereocenters. The maximum Gasteiger partial charge on any atom is 2.00 e. The van der Waals surface area contributed by atoms with E-state index in [9.17, 15) is 26.3 Å². The first kappa shape index (κ1) is 31.4. The van der Waals surface area contributed by atoms with Crippen molar-refractivity contribution in [2.75, 3.05) is 0 Å². The Morgan fingerprint density at radius 3 is 1.24 bits per heavy atom. The Labute approximate surface area is 226 Å². The van der Waals surface area contributed by atoms with Gasteiger partial charge < -0.3 is 20.4 Å². The summed E-state index contributed by atoms with van der Waals surface area (Å²) in [6.07, 6.45) is -5.95. The summed E-state index contributed by atoms with van der Waals surface area (Å²) in [5.74, 6) is 0. The molecule has 4 aromatic rings. The molecule has 0 aliphatic heterocycles. The summed E-state index contributed by atoms with van der Waals surface area (Å²) in [4.78, 5) is 7.75. The van der Waals surface area contributed by atoms with Gasteiger partial charge in [-0.15, -0.1) is 0 Å². The van der Waals surface area contributed by atoms with E-state index in [4.69, 9.17) is 0 Å². The maximum atomic E-state index is 12.2. The molecule has 0 atom stereocenters. The molecule has 0 spiro atoms. The molecule has 0 saturated heterocycles. The minimum Gasteiger partial charge on any atom is -0.573 e. The summed E-state index contributed by atoms with van der Waals surface area (Å²) < 4.78 is 73.2. The summed E-state index contributed by atoms with van der Waals surface area (Å²) in [5.41, 5.74) is -0.988. The third-order valence-corrected chi connectivity index (χ3v) is 3.51. The number of nitrogens with zero attached hydrogens (tertiary/aromatic N) is 6. The smallest absolute Gasteiger partial charge is 0.573 e. The van der Waals surface area contributed by atoms with Gasteiger partial charge in [-0.25, -0.2) is 0 Å². The second kappa shape index (κ2) is 13.3. The zero-order valence-corrected chi connectivity index (χ0v) is 23.7. The van der Waals surface area contributed by atoms with Crippen LogP contribution in [-0.4, -0.2) is 20.2 Å². The van der Waals surface area contributed by atoms with E-state index in [0.29, 0.717) is 11.4 Å². The van der Waals surface area contributed by atoms with Crippen molar-refractivity contribution >= 4 is 0 Å². The Bertz CT molecular complexity index is 1000. The number of pyridine rings is 2. The predicted molar refractivity (Wildman–Crippen MR) is 91.6 cm³/mol. The SMILES string of the molecule is FC(F)(F)c1cc(-c2ccccn2)[n-]n1.FC(F)(F)c1cc(-c2ccccn2)[n-]n1.[Cd].[Co].[Os+2]. The number of hydrogen-bond donors (Lipinski definition) is 0. The molecule has 0 amide bonds.